The Hall–Kier alpha value is -1.74. The fraction of sp³-hybridized carbons (Fsp3) is 0.438. The Labute approximate surface area is 142 Å². The Balaban J connectivity index is 1.95. The Morgan fingerprint density at radius 2 is 1.54 bits per heavy atom. The molecule has 0 bridgehead atoms. The molecular formula is C16H22O7S. The van der Waals surface area contributed by atoms with Crippen molar-refractivity contribution < 1.29 is 31.6 Å². The highest BCUT2D eigenvalue weighted by atomic mass is 32.2. The molecule has 24 heavy (non-hydrogen) atoms. The lowest BCUT2D eigenvalue weighted by Crippen LogP contribution is -2.14. The van der Waals surface area contributed by atoms with Gasteiger partial charge >= 0.3 is 5.97 Å². The zero-order valence-electron chi connectivity index (χ0n) is 13.6. The van der Waals surface area contributed by atoms with Crippen LogP contribution in [0.15, 0.2) is 36.4 Å². The van der Waals surface area contributed by atoms with E-state index in [2.05, 4.69) is 4.18 Å². The number of benzene rings is 1. The molecule has 0 heterocycles. The van der Waals surface area contributed by atoms with E-state index in [1.807, 2.05) is 30.3 Å². The molecule has 0 radical (unpaired) electrons. The van der Waals surface area contributed by atoms with Crippen molar-refractivity contribution in [1.82, 2.24) is 0 Å². The third-order valence-corrected chi connectivity index (χ3v) is 3.18. The summed E-state index contributed by atoms with van der Waals surface area (Å²) in [6.07, 6.45) is 4.02. The number of rotatable bonds is 12. The molecule has 0 spiro atoms. The van der Waals surface area contributed by atoms with Crippen LogP contribution in [0.2, 0.25) is 0 Å². The SMILES string of the molecule is CS(=O)(=O)OCCOCCOCCOC(=O)/C=C/c1ccccc1. The van der Waals surface area contributed by atoms with Crippen molar-refractivity contribution in [2.24, 2.45) is 0 Å². The van der Waals surface area contributed by atoms with Gasteiger partial charge in [0.15, 0.2) is 0 Å². The van der Waals surface area contributed by atoms with Crippen LogP contribution in [0, 0.1) is 0 Å². The molecule has 0 saturated heterocycles. The second kappa shape index (κ2) is 11.7. The number of hydrogen-bond acceptors (Lipinski definition) is 7. The highest BCUT2D eigenvalue weighted by Gasteiger charge is 2.00. The van der Waals surface area contributed by atoms with Gasteiger partial charge in [0.05, 0.1) is 39.3 Å². The number of esters is 1. The van der Waals surface area contributed by atoms with Gasteiger partial charge in [-0.05, 0) is 11.6 Å². The number of carbonyl (C=O) groups is 1. The summed E-state index contributed by atoms with van der Waals surface area (Å²) in [7, 11) is -3.42. The molecule has 0 aliphatic carbocycles. The molecule has 0 fully saturated rings. The summed E-state index contributed by atoms with van der Waals surface area (Å²) in [5.74, 6) is -0.434. The van der Waals surface area contributed by atoms with E-state index >= 15 is 0 Å². The molecule has 134 valence electrons. The second-order valence-electron chi connectivity index (χ2n) is 4.66. The van der Waals surface area contributed by atoms with Crippen LogP contribution >= 0.6 is 0 Å². The lowest BCUT2D eigenvalue weighted by atomic mass is 10.2. The summed E-state index contributed by atoms with van der Waals surface area (Å²) in [5.41, 5.74) is 0.919. The van der Waals surface area contributed by atoms with Gasteiger partial charge in [-0.1, -0.05) is 30.3 Å². The fourth-order valence-electron chi connectivity index (χ4n) is 1.54. The van der Waals surface area contributed by atoms with Crippen LogP contribution in [0.25, 0.3) is 6.08 Å². The first-order valence-electron chi connectivity index (χ1n) is 7.37. The van der Waals surface area contributed by atoms with Crippen molar-refractivity contribution in [2.45, 2.75) is 0 Å². The van der Waals surface area contributed by atoms with Gasteiger partial charge in [0.1, 0.15) is 6.61 Å². The number of carbonyl (C=O) groups excluding carboxylic acids is 1. The quantitative estimate of drug-likeness (QED) is 0.240. The van der Waals surface area contributed by atoms with E-state index in [0.717, 1.165) is 11.8 Å². The van der Waals surface area contributed by atoms with Gasteiger partial charge < -0.3 is 14.2 Å². The maximum Gasteiger partial charge on any atom is 0.330 e. The minimum atomic E-state index is -3.42. The summed E-state index contributed by atoms with van der Waals surface area (Å²) >= 11 is 0. The van der Waals surface area contributed by atoms with E-state index in [1.54, 1.807) is 6.08 Å². The molecule has 1 rings (SSSR count). The molecule has 0 aliphatic rings. The Morgan fingerprint density at radius 1 is 0.958 bits per heavy atom. The first kappa shape index (κ1) is 20.3. The van der Waals surface area contributed by atoms with Gasteiger partial charge in [0.25, 0.3) is 10.1 Å². The molecule has 0 unspecified atom stereocenters. The minimum absolute atomic E-state index is 0.0236. The average Bonchev–Trinajstić information content (AvgIpc) is 2.54. The lowest BCUT2D eigenvalue weighted by molar-refractivity contribution is -0.139. The van der Waals surface area contributed by atoms with E-state index in [1.165, 1.54) is 6.08 Å². The first-order valence-corrected chi connectivity index (χ1v) is 9.19. The molecule has 0 aromatic heterocycles. The third kappa shape index (κ3) is 11.8. The Morgan fingerprint density at radius 3 is 2.17 bits per heavy atom. The topological polar surface area (TPSA) is 88.1 Å². The normalized spacial score (nSPS) is 11.7. The standard InChI is InChI=1S/C16H22O7S/c1-24(18,19)23-14-12-21-10-9-20-11-13-22-16(17)8-7-15-5-3-2-4-6-15/h2-8H,9-14H2,1H3/b8-7+. The summed E-state index contributed by atoms with van der Waals surface area (Å²) in [5, 5.41) is 0. The number of ether oxygens (including phenoxy) is 3. The van der Waals surface area contributed by atoms with E-state index in [9.17, 15) is 13.2 Å². The van der Waals surface area contributed by atoms with Crippen molar-refractivity contribution in [2.75, 3.05) is 45.9 Å². The van der Waals surface area contributed by atoms with Crippen LogP contribution < -0.4 is 0 Å². The summed E-state index contributed by atoms with van der Waals surface area (Å²) in [6.45, 7) is 1.16. The van der Waals surface area contributed by atoms with Crippen LogP contribution in [-0.4, -0.2) is 60.3 Å². The molecule has 0 N–H and O–H groups in total. The zero-order valence-corrected chi connectivity index (χ0v) is 14.4. The first-order chi connectivity index (χ1) is 11.5. The van der Waals surface area contributed by atoms with Gasteiger partial charge in [0, 0.05) is 6.08 Å². The largest absolute Gasteiger partial charge is 0.460 e. The molecular weight excluding hydrogens is 336 g/mol. The third-order valence-electron chi connectivity index (χ3n) is 2.58. The fourth-order valence-corrected chi connectivity index (χ4v) is 1.91. The van der Waals surface area contributed by atoms with Crippen LogP contribution in [0.4, 0.5) is 0 Å². The molecule has 0 aliphatic heterocycles. The minimum Gasteiger partial charge on any atom is -0.460 e. The van der Waals surface area contributed by atoms with Crippen LogP contribution in [-0.2, 0) is 33.3 Å². The highest BCUT2D eigenvalue weighted by molar-refractivity contribution is 7.85. The molecule has 0 atom stereocenters. The van der Waals surface area contributed by atoms with Gasteiger partial charge in [0.2, 0.25) is 0 Å². The van der Waals surface area contributed by atoms with Crippen LogP contribution in [0.5, 0.6) is 0 Å². The van der Waals surface area contributed by atoms with Crippen LogP contribution in [0.1, 0.15) is 5.56 Å². The van der Waals surface area contributed by atoms with E-state index < -0.39 is 16.1 Å². The monoisotopic (exact) mass is 358 g/mol. The lowest BCUT2D eigenvalue weighted by Gasteiger charge is -2.06. The maximum absolute atomic E-state index is 11.5. The number of hydrogen-bond donors (Lipinski definition) is 0. The van der Waals surface area contributed by atoms with Crippen molar-refractivity contribution in [3.8, 4) is 0 Å². The summed E-state index contributed by atoms with van der Waals surface area (Å²) in [6, 6.07) is 9.43. The Kier molecular flexibility index (Phi) is 9.94. The Bertz CT molecular complexity index is 596. The smallest absolute Gasteiger partial charge is 0.330 e. The van der Waals surface area contributed by atoms with Crippen molar-refractivity contribution in [1.29, 1.82) is 0 Å². The molecule has 1 aromatic carbocycles. The molecule has 8 heteroatoms. The van der Waals surface area contributed by atoms with Crippen molar-refractivity contribution >= 4 is 22.2 Å². The highest BCUT2D eigenvalue weighted by Crippen LogP contribution is 2.01. The molecule has 0 amide bonds. The van der Waals surface area contributed by atoms with E-state index in [0.29, 0.717) is 13.2 Å². The van der Waals surface area contributed by atoms with Gasteiger partial charge in [-0.2, -0.15) is 8.42 Å². The molecule has 0 saturated carbocycles. The van der Waals surface area contributed by atoms with Crippen molar-refractivity contribution in [3.63, 3.8) is 0 Å². The predicted octanol–water partition coefficient (Wildman–Crippen LogP) is 1.25. The van der Waals surface area contributed by atoms with Gasteiger partial charge in [-0.25, -0.2) is 4.79 Å². The van der Waals surface area contributed by atoms with Gasteiger partial charge in [-0.3, -0.25) is 4.18 Å². The maximum atomic E-state index is 11.5. The summed E-state index contributed by atoms with van der Waals surface area (Å²) < 4.78 is 41.1. The van der Waals surface area contributed by atoms with E-state index in [4.69, 9.17) is 14.2 Å². The predicted molar refractivity (Wildman–Crippen MR) is 88.9 cm³/mol. The molecule has 1 aromatic rings. The van der Waals surface area contributed by atoms with Crippen molar-refractivity contribution in [3.05, 3.63) is 42.0 Å². The molecule has 7 nitrogen and oxygen atoms in total. The average molecular weight is 358 g/mol. The second-order valence-corrected chi connectivity index (χ2v) is 6.31. The van der Waals surface area contributed by atoms with E-state index in [-0.39, 0.29) is 26.4 Å². The summed E-state index contributed by atoms with van der Waals surface area (Å²) in [4.78, 5) is 11.5. The van der Waals surface area contributed by atoms with Gasteiger partial charge in [-0.15, -0.1) is 0 Å². The zero-order chi connectivity index (χ0) is 17.7. The van der Waals surface area contributed by atoms with Crippen LogP contribution in [0.3, 0.4) is 0 Å².